The molecule has 0 aliphatic carbocycles. The molecule has 1 atom stereocenters. The summed E-state index contributed by atoms with van der Waals surface area (Å²) < 4.78 is 26.2. The Morgan fingerprint density at radius 2 is 2.29 bits per heavy atom. The third-order valence-electron chi connectivity index (χ3n) is 3.77. The third-order valence-corrected chi connectivity index (χ3v) is 4.03. The molecule has 1 aromatic carbocycles. The van der Waals surface area contributed by atoms with Gasteiger partial charge in [-0.25, -0.2) is 4.98 Å². The van der Waals surface area contributed by atoms with E-state index in [1.165, 1.54) is 6.20 Å². The first-order valence-corrected chi connectivity index (χ1v) is 7.72. The van der Waals surface area contributed by atoms with Crippen LogP contribution in [0.3, 0.4) is 0 Å². The van der Waals surface area contributed by atoms with Crippen molar-refractivity contribution in [2.75, 3.05) is 31.2 Å². The topological polar surface area (TPSA) is 93.4 Å². The highest BCUT2D eigenvalue weighted by Crippen LogP contribution is 2.23. The van der Waals surface area contributed by atoms with Gasteiger partial charge in [-0.1, -0.05) is 11.6 Å². The number of carbonyl (C=O) groups excluding carboxylic acids is 1. The summed E-state index contributed by atoms with van der Waals surface area (Å²) in [5, 5.41) is 3.08. The molecule has 1 aliphatic rings. The second kappa shape index (κ2) is 6.92. The summed E-state index contributed by atoms with van der Waals surface area (Å²) in [7, 11) is -2.66. The normalized spacial score (nSPS) is 19.3. The van der Waals surface area contributed by atoms with Gasteiger partial charge in [-0.2, -0.15) is 4.98 Å². The number of methoxy groups -OCH3 is 1. The number of amides is 1. The van der Waals surface area contributed by atoms with Gasteiger partial charge in [0, 0.05) is 30.4 Å². The van der Waals surface area contributed by atoms with Crippen LogP contribution in [0.4, 0.5) is 11.6 Å². The van der Waals surface area contributed by atoms with Crippen molar-refractivity contribution in [2.45, 2.75) is 12.5 Å². The largest absolute Gasteiger partial charge is 0.480 e. The molecule has 0 bridgehead atoms. The Morgan fingerprint density at radius 3 is 3.04 bits per heavy atom. The zero-order valence-corrected chi connectivity index (χ0v) is 13.5. The first-order valence-electron chi connectivity index (χ1n) is 8.84. The smallest absolute Gasteiger partial charge is 0.253 e. The molecule has 8 heteroatoms. The predicted molar refractivity (Wildman–Crippen MR) is 92.4 cm³/mol. The molecule has 1 aromatic heterocycles. The van der Waals surface area contributed by atoms with Gasteiger partial charge >= 0.3 is 0 Å². The molecule has 24 heavy (non-hydrogen) atoms. The summed E-state index contributed by atoms with van der Waals surface area (Å²) in [6.45, 7) is 1.04. The van der Waals surface area contributed by atoms with Crippen molar-refractivity contribution in [3.05, 3.63) is 41.0 Å². The Hall–Kier alpha value is -2.54. The van der Waals surface area contributed by atoms with Crippen molar-refractivity contribution >= 4 is 29.1 Å². The highest BCUT2D eigenvalue weighted by atomic mass is 35.5. The third kappa shape index (κ3) is 3.51. The minimum Gasteiger partial charge on any atom is -0.480 e. The molecule has 3 rings (SSSR count). The molecule has 2 heterocycles. The van der Waals surface area contributed by atoms with E-state index in [9.17, 15) is 4.79 Å². The van der Waals surface area contributed by atoms with Crippen LogP contribution in [0, 0.1) is 0 Å². The lowest BCUT2D eigenvalue weighted by Gasteiger charge is -2.17. The van der Waals surface area contributed by atoms with Crippen LogP contribution < -0.4 is 15.8 Å². The van der Waals surface area contributed by atoms with E-state index >= 15 is 0 Å². The van der Waals surface area contributed by atoms with Crippen LogP contribution in [0.1, 0.15) is 20.9 Å². The maximum Gasteiger partial charge on any atom is 0.253 e. The van der Waals surface area contributed by atoms with Crippen LogP contribution in [0.25, 0.3) is 0 Å². The van der Waals surface area contributed by atoms with Gasteiger partial charge in [0.1, 0.15) is 5.02 Å². The van der Waals surface area contributed by atoms with E-state index in [0.717, 1.165) is 0 Å². The number of halogens is 1. The summed E-state index contributed by atoms with van der Waals surface area (Å²) in [5.41, 5.74) is 6.82. The Kier molecular flexibility index (Phi) is 3.70. The van der Waals surface area contributed by atoms with Crippen molar-refractivity contribution in [1.82, 2.24) is 14.9 Å². The molecule has 1 fully saturated rings. The van der Waals surface area contributed by atoms with Gasteiger partial charge in [0.05, 0.1) is 17.3 Å². The van der Waals surface area contributed by atoms with Gasteiger partial charge in [-0.05, 0) is 30.7 Å². The molecule has 1 saturated heterocycles. The number of hydrogen-bond donors (Lipinski definition) is 2. The van der Waals surface area contributed by atoms with Crippen molar-refractivity contribution < 1.29 is 13.6 Å². The average molecular weight is 351 g/mol. The SMILES string of the molecule is [2H]C([2H])([2H])Oc1nc(N[C@H]2CCN(C(=O)c3ccc(N)cc3)C2)ncc1Cl. The number of carbonyl (C=O) groups is 1. The lowest BCUT2D eigenvalue weighted by molar-refractivity contribution is 0.0791. The van der Waals surface area contributed by atoms with Crippen LogP contribution >= 0.6 is 11.6 Å². The quantitative estimate of drug-likeness (QED) is 0.820. The zero-order chi connectivity index (χ0) is 19.6. The second-order valence-electron chi connectivity index (χ2n) is 5.45. The first-order chi connectivity index (χ1) is 12.7. The Bertz CT molecular complexity index is 832. The summed E-state index contributed by atoms with van der Waals surface area (Å²) in [4.78, 5) is 22.3. The summed E-state index contributed by atoms with van der Waals surface area (Å²) >= 11 is 5.87. The second-order valence-corrected chi connectivity index (χ2v) is 5.86. The zero-order valence-electron chi connectivity index (χ0n) is 15.7. The Morgan fingerprint density at radius 1 is 1.50 bits per heavy atom. The van der Waals surface area contributed by atoms with E-state index < -0.39 is 7.04 Å². The fourth-order valence-electron chi connectivity index (χ4n) is 2.55. The van der Waals surface area contributed by atoms with Crippen LogP contribution in [-0.4, -0.2) is 46.9 Å². The molecule has 2 aromatic rings. The summed E-state index contributed by atoms with van der Waals surface area (Å²) in [6, 6.07) is 6.68. The Labute approximate surface area is 149 Å². The van der Waals surface area contributed by atoms with E-state index in [4.69, 9.17) is 26.2 Å². The van der Waals surface area contributed by atoms with Crippen molar-refractivity contribution in [1.29, 1.82) is 0 Å². The van der Waals surface area contributed by atoms with Crippen LogP contribution in [-0.2, 0) is 0 Å². The minimum atomic E-state index is -2.66. The van der Waals surface area contributed by atoms with Crippen LogP contribution in [0.2, 0.25) is 5.02 Å². The van der Waals surface area contributed by atoms with E-state index in [1.54, 1.807) is 29.2 Å². The number of nitrogen functional groups attached to an aromatic ring is 1. The number of aromatic nitrogens is 2. The monoisotopic (exact) mass is 350 g/mol. The van der Waals surface area contributed by atoms with Gasteiger partial charge in [0.25, 0.3) is 5.91 Å². The molecule has 126 valence electrons. The molecular weight excluding hydrogens is 330 g/mol. The number of hydrogen-bond acceptors (Lipinski definition) is 6. The van der Waals surface area contributed by atoms with Gasteiger partial charge < -0.3 is 20.7 Å². The van der Waals surface area contributed by atoms with Gasteiger partial charge in [0.15, 0.2) is 0 Å². The number of rotatable bonds is 4. The van der Waals surface area contributed by atoms with E-state index in [-0.39, 0.29) is 28.8 Å². The number of nitrogens with one attached hydrogen (secondary N) is 1. The van der Waals surface area contributed by atoms with Gasteiger partial charge in [-0.3, -0.25) is 4.79 Å². The molecule has 0 spiro atoms. The number of likely N-dealkylation sites (tertiary alicyclic amines) is 1. The maximum atomic E-state index is 12.5. The molecule has 1 amide bonds. The number of anilines is 2. The number of ether oxygens (including phenoxy) is 1. The number of benzene rings is 1. The molecule has 3 N–H and O–H groups in total. The van der Waals surface area contributed by atoms with Crippen molar-refractivity contribution in [3.63, 3.8) is 0 Å². The van der Waals surface area contributed by atoms with Crippen molar-refractivity contribution in [2.24, 2.45) is 0 Å². The molecule has 0 saturated carbocycles. The maximum absolute atomic E-state index is 12.5. The minimum absolute atomic E-state index is 0.00301. The predicted octanol–water partition coefficient (Wildman–Crippen LogP) is 2.05. The number of nitrogens with zero attached hydrogens (tertiary/aromatic N) is 3. The first kappa shape index (κ1) is 12.8. The Balaban J connectivity index is 1.63. The van der Waals surface area contributed by atoms with Crippen LogP contribution in [0.5, 0.6) is 5.88 Å². The lowest BCUT2D eigenvalue weighted by atomic mass is 10.2. The highest BCUT2D eigenvalue weighted by Gasteiger charge is 2.27. The molecule has 1 aliphatic heterocycles. The van der Waals surface area contributed by atoms with E-state index in [2.05, 4.69) is 15.3 Å². The van der Waals surface area contributed by atoms with Gasteiger partial charge in [-0.15, -0.1) is 0 Å². The fraction of sp³-hybridized carbons (Fsp3) is 0.312. The number of nitrogens with two attached hydrogens (primary N) is 1. The fourth-order valence-corrected chi connectivity index (χ4v) is 2.68. The van der Waals surface area contributed by atoms with Gasteiger partial charge in [0.2, 0.25) is 11.8 Å². The summed E-state index contributed by atoms with van der Waals surface area (Å²) in [5.74, 6) is -0.116. The van der Waals surface area contributed by atoms with E-state index in [1.807, 2.05) is 0 Å². The molecule has 0 unspecified atom stereocenters. The van der Waals surface area contributed by atoms with Crippen LogP contribution in [0.15, 0.2) is 30.5 Å². The molecule has 0 radical (unpaired) electrons. The van der Waals surface area contributed by atoms with Crippen molar-refractivity contribution in [3.8, 4) is 5.88 Å². The lowest BCUT2D eigenvalue weighted by Crippen LogP contribution is -2.31. The highest BCUT2D eigenvalue weighted by molar-refractivity contribution is 6.31. The standard InChI is InChI=1S/C16H18ClN5O2/c1-24-14-13(17)8-19-16(21-14)20-12-6-7-22(9-12)15(23)10-2-4-11(18)5-3-10/h2-5,8,12H,6-7,9,18H2,1H3,(H,19,20,21)/t12-/m0/s1/i1D3. The molecule has 7 nitrogen and oxygen atoms in total. The molecular formula is C16H18ClN5O2. The average Bonchev–Trinajstić information content (AvgIpc) is 3.05. The van der Waals surface area contributed by atoms with E-state index in [0.29, 0.717) is 30.8 Å². The summed E-state index contributed by atoms with van der Waals surface area (Å²) in [6.07, 6.45) is 1.96.